The van der Waals surface area contributed by atoms with E-state index in [2.05, 4.69) is 204 Å². The van der Waals surface area contributed by atoms with Crippen molar-refractivity contribution in [2.24, 2.45) is 0 Å². The highest BCUT2D eigenvalue weighted by atomic mass is 15.3. The lowest BCUT2D eigenvalue weighted by atomic mass is 9.89. The van der Waals surface area contributed by atoms with Crippen LogP contribution in [0.5, 0.6) is 0 Å². The molecule has 0 fully saturated rings. The fourth-order valence-electron chi connectivity index (χ4n) is 8.90. The highest BCUT2D eigenvalue weighted by molar-refractivity contribution is 6.18. The van der Waals surface area contributed by atoms with Crippen molar-refractivity contribution in [3.05, 3.63) is 200 Å². The molecule has 9 aromatic carbocycles. The Hall–Kier alpha value is -7.89. The summed E-state index contributed by atoms with van der Waals surface area (Å²) >= 11 is 0. The van der Waals surface area contributed by atoms with E-state index in [4.69, 9.17) is 15.0 Å². The quantitative estimate of drug-likeness (QED) is 0.176. The molecule has 0 radical (unpaired) electrons. The predicted octanol–water partition coefficient (Wildman–Crippen LogP) is 13.7. The van der Waals surface area contributed by atoms with Crippen LogP contribution in [0.1, 0.15) is 0 Å². The van der Waals surface area contributed by atoms with Gasteiger partial charge in [-0.05, 0) is 57.8 Å². The van der Waals surface area contributed by atoms with Crippen LogP contribution in [-0.4, -0.2) is 19.5 Å². The fraction of sp³-hybridized carbons (Fsp3) is 0. The van der Waals surface area contributed by atoms with Crippen LogP contribution in [0.15, 0.2) is 200 Å². The molecule has 0 amide bonds. The summed E-state index contributed by atoms with van der Waals surface area (Å²) in [6, 6.07) is 70.9. The molecule has 58 heavy (non-hydrogen) atoms. The zero-order valence-electron chi connectivity index (χ0n) is 31.3. The molecule has 12 rings (SSSR count). The second kappa shape index (κ2) is 12.8. The van der Waals surface area contributed by atoms with Crippen molar-refractivity contribution in [3.8, 4) is 50.7 Å². The van der Waals surface area contributed by atoms with Crippen molar-refractivity contribution < 1.29 is 0 Å². The van der Waals surface area contributed by atoms with E-state index in [9.17, 15) is 0 Å². The summed E-state index contributed by atoms with van der Waals surface area (Å²) in [4.78, 5) is 18.4. The number of anilines is 3. The number of hydrogen-bond donors (Lipinski definition) is 0. The van der Waals surface area contributed by atoms with Gasteiger partial charge in [0, 0.05) is 43.9 Å². The van der Waals surface area contributed by atoms with Gasteiger partial charge in [-0.1, -0.05) is 170 Å². The molecule has 270 valence electrons. The lowest BCUT2D eigenvalue weighted by Crippen LogP contribution is -2.19. The van der Waals surface area contributed by atoms with Crippen molar-refractivity contribution in [1.29, 1.82) is 0 Å². The average Bonchev–Trinajstić information content (AvgIpc) is 3.63. The van der Waals surface area contributed by atoms with Gasteiger partial charge in [-0.2, -0.15) is 9.97 Å². The summed E-state index contributed by atoms with van der Waals surface area (Å²) in [7, 11) is 0. The second-order valence-electron chi connectivity index (χ2n) is 14.8. The Bertz CT molecular complexity index is 3380. The third-order valence-corrected chi connectivity index (χ3v) is 11.6. The van der Waals surface area contributed by atoms with Gasteiger partial charge in [-0.15, -0.1) is 0 Å². The van der Waals surface area contributed by atoms with Crippen molar-refractivity contribution in [1.82, 2.24) is 19.5 Å². The lowest BCUT2D eigenvalue weighted by molar-refractivity contribution is 1.03. The molecule has 0 saturated heterocycles. The number of rotatable bonds is 5. The van der Waals surface area contributed by atoms with Crippen LogP contribution >= 0.6 is 0 Å². The maximum absolute atomic E-state index is 5.44. The van der Waals surface area contributed by atoms with Crippen LogP contribution in [0.2, 0.25) is 0 Å². The molecule has 0 aliphatic carbocycles. The number of benzene rings is 9. The summed E-state index contributed by atoms with van der Waals surface area (Å²) in [5.74, 6) is 1.78. The molecule has 5 heteroatoms. The predicted molar refractivity (Wildman–Crippen MR) is 239 cm³/mol. The molecule has 0 bridgehead atoms. The van der Waals surface area contributed by atoms with Crippen LogP contribution < -0.4 is 4.90 Å². The molecule has 0 saturated carbocycles. The number of fused-ring (bicyclic) bond motifs is 7. The zero-order chi connectivity index (χ0) is 38.2. The number of hydrogen-bond acceptors (Lipinski definition) is 4. The highest BCUT2D eigenvalue weighted by Crippen LogP contribution is 2.53. The monoisotopic (exact) mass is 739 g/mol. The van der Waals surface area contributed by atoms with Crippen molar-refractivity contribution in [3.63, 3.8) is 0 Å². The Morgan fingerprint density at radius 3 is 1.81 bits per heavy atom. The number of aromatic nitrogens is 4. The maximum atomic E-state index is 5.44. The van der Waals surface area contributed by atoms with Gasteiger partial charge in [0.05, 0.1) is 22.4 Å². The molecule has 0 unspecified atom stereocenters. The van der Waals surface area contributed by atoms with E-state index in [1.54, 1.807) is 0 Å². The van der Waals surface area contributed by atoms with E-state index in [0.717, 1.165) is 66.7 Å². The van der Waals surface area contributed by atoms with Gasteiger partial charge >= 0.3 is 0 Å². The molecule has 1 aliphatic rings. The molecular weight excluding hydrogens is 707 g/mol. The van der Waals surface area contributed by atoms with E-state index < -0.39 is 0 Å². The van der Waals surface area contributed by atoms with E-state index >= 15 is 0 Å². The fourth-order valence-corrected chi connectivity index (χ4v) is 8.90. The Morgan fingerprint density at radius 1 is 0.362 bits per heavy atom. The molecular formula is C53H33N5. The molecule has 1 aliphatic heterocycles. The van der Waals surface area contributed by atoms with Crippen molar-refractivity contribution in [2.75, 3.05) is 4.90 Å². The van der Waals surface area contributed by atoms with Crippen LogP contribution in [-0.2, 0) is 0 Å². The van der Waals surface area contributed by atoms with Crippen LogP contribution in [0.3, 0.4) is 0 Å². The Kier molecular flexibility index (Phi) is 7.16. The molecule has 5 nitrogen and oxygen atoms in total. The molecule has 3 heterocycles. The smallest absolute Gasteiger partial charge is 0.238 e. The Morgan fingerprint density at radius 2 is 0.983 bits per heavy atom. The van der Waals surface area contributed by atoms with Crippen LogP contribution in [0, 0.1) is 0 Å². The van der Waals surface area contributed by atoms with E-state index in [1.807, 2.05) is 6.07 Å². The second-order valence-corrected chi connectivity index (χ2v) is 14.8. The van der Waals surface area contributed by atoms with E-state index in [0.29, 0.717) is 17.6 Å². The van der Waals surface area contributed by atoms with Crippen LogP contribution in [0.4, 0.5) is 17.3 Å². The molecule has 0 atom stereocenters. The van der Waals surface area contributed by atoms with Gasteiger partial charge in [-0.25, -0.2) is 4.98 Å². The molecule has 11 aromatic rings. The molecule has 0 spiro atoms. The SMILES string of the molecule is c1ccc(-c2ccc(-c3nc(-c4ccc5c6ccccc6n(-c6ccccc6)c5c4)nc(N4c5c(ccc6ccccc56)-c5cccc6cccc4c56)n3)cc2)cc1. The number of para-hydroxylation sites is 2. The lowest BCUT2D eigenvalue weighted by Gasteiger charge is -2.33. The van der Waals surface area contributed by atoms with E-state index in [-0.39, 0.29) is 0 Å². The Balaban J connectivity index is 1.13. The van der Waals surface area contributed by atoms with Gasteiger partial charge in [-0.3, -0.25) is 4.90 Å². The minimum absolute atomic E-state index is 0.565. The van der Waals surface area contributed by atoms with Gasteiger partial charge in [0.25, 0.3) is 0 Å². The van der Waals surface area contributed by atoms with Crippen LogP contribution in [0.25, 0.3) is 94.1 Å². The Labute approximate surface area is 334 Å². The maximum Gasteiger partial charge on any atom is 0.238 e. The topological polar surface area (TPSA) is 46.8 Å². The standard InChI is InChI=1S/C53H33N5/c1-3-13-34(14-4-1)35-25-27-38(28-26-35)51-54-52(39-30-31-43-42-21-9-10-23-46(42)57(48(43)33-39)40-18-5-2-6-19-40)56-53(55-51)58-47-24-12-17-37-16-11-22-44(49(37)47)45-32-29-36-15-7-8-20-41(36)50(45)58/h1-33H. The summed E-state index contributed by atoms with van der Waals surface area (Å²) in [5, 5.41) is 7.02. The zero-order valence-corrected chi connectivity index (χ0v) is 31.3. The third-order valence-electron chi connectivity index (χ3n) is 11.6. The summed E-state index contributed by atoms with van der Waals surface area (Å²) in [6.07, 6.45) is 0. The van der Waals surface area contributed by atoms with E-state index in [1.165, 1.54) is 27.1 Å². The largest absolute Gasteiger partial charge is 0.309 e. The van der Waals surface area contributed by atoms with Gasteiger partial charge in [0.15, 0.2) is 11.6 Å². The summed E-state index contributed by atoms with van der Waals surface area (Å²) < 4.78 is 2.34. The first-order chi connectivity index (χ1) is 28.8. The van der Waals surface area contributed by atoms with Gasteiger partial charge in [0.2, 0.25) is 5.95 Å². The van der Waals surface area contributed by atoms with Crippen molar-refractivity contribution >= 4 is 60.7 Å². The third kappa shape index (κ3) is 5.00. The average molecular weight is 740 g/mol. The normalized spacial score (nSPS) is 12.1. The van der Waals surface area contributed by atoms with Gasteiger partial charge < -0.3 is 4.57 Å². The summed E-state index contributed by atoms with van der Waals surface area (Å²) in [5.41, 5.74) is 11.9. The number of nitrogens with zero attached hydrogens (tertiary/aromatic N) is 5. The first kappa shape index (κ1) is 32.4. The first-order valence-electron chi connectivity index (χ1n) is 19.6. The van der Waals surface area contributed by atoms with Crippen molar-refractivity contribution in [2.45, 2.75) is 0 Å². The van der Waals surface area contributed by atoms with Gasteiger partial charge in [0.1, 0.15) is 0 Å². The minimum atomic E-state index is 0.565. The molecule has 0 N–H and O–H groups in total. The highest BCUT2D eigenvalue weighted by Gasteiger charge is 2.30. The first-order valence-corrected chi connectivity index (χ1v) is 19.6. The molecule has 2 aromatic heterocycles. The summed E-state index contributed by atoms with van der Waals surface area (Å²) in [6.45, 7) is 0. The minimum Gasteiger partial charge on any atom is -0.309 e.